The number of rotatable bonds is 4. The molecule has 0 aliphatic rings. The van der Waals surface area contributed by atoms with Crippen molar-refractivity contribution in [1.82, 2.24) is 9.78 Å². The summed E-state index contributed by atoms with van der Waals surface area (Å²) in [6.07, 6.45) is 3.33. The van der Waals surface area contributed by atoms with E-state index >= 15 is 0 Å². The molecule has 106 valence electrons. The molecule has 0 aliphatic heterocycles. The summed E-state index contributed by atoms with van der Waals surface area (Å²) in [5.41, 5.74) is 3.63. The van der Waals surface area contributed by atoms with Crippen molar-refractivity contribution in [3.05, 3.63) is 41.7 Å². The molecular weight excluding hydrogens is 252 g/mol. The van der Waals surface area contributed by atoms with E-state index in [1.165, 1.54) is 0 Å². The normalized spacial score (nSPS) is 10.4. The minimum absolute atomic E-state index is 0.137. The van der Waals surface area contributed by atoms with Gasteiger partial charge in [0.15, 0.2) is 0 Å². The highest BCUT2D eigenvalue weighted by Gasteiger charge is 2.09. The summed E-state index contributed by atoms with van der Waals surface area (Å²) in [4.78, 5) is 14.1. The fraction of sp³-hybridized carbons (Fsp3) is 0.333. The van der Waals surface area contributed by atoms with Gasteiger partial charge in [-0.3, -0.25) is 9.48 Å². The molecule has 1 N–H and O–H groups in total. The molecule has 1 amide bonds. The Kier molecular flexibility index (Phi) is 4.08. The standard InChI is InChI=1S/C15H20N4O/c1-5-19-10-12(9-16-19)15(20)17-13-6-7-14(18(3)4)11(2)8-13/h6-10H,5H2,1-4H3,(H,17,20). The Balaban J connectivity index is 2.13. The highest BCUT2D eigenvalue weighted by atomic mass is 16.1. The molecule has 5 heteroatoms. The highest BCUT2D eigenvalue weighted by molar-refractivity contribution is 6.04. The first-order valence-electron chi connectivity index (χ1n) is 6.63. The molecule has 5 nitrogen and oxygen atoms in total. The molecule has 2 aromatic rings. The lowest BCUT2D eigenvalue weighted by Gasteiger charge is -2.16. The first-order chi connectivity index (χ1) is 9.51. The Morgan fingerprint density at radius 2 is 2.15 bits per heavy atom. The van der Waals surface area contributed by atoms with Gasteiger partial charge >= 0.3 is 0 Å². The first kappa shape index (κ1) is 14.1. The van der Waals surface area contributed by atoms with Gasteiger partial charge in [0.05, 0.1) is 11.8 Å². The van der Waals surface area contributed by atoms with Crippen LogP contribution in [0.4, 0.5) is 11.4 Å². The minimum atomic E-state index is -0.137. The van der Waals surface area contributed by atoms with Crippen LogP contribution in [0.25, 0.3) is 0 Å². The summed E-state index contributed by atoms with van der Waals surface area (Å²) < 4.78 is 1.73. The number of aromatic nitrogens is 2. The number of hydrogen-bond donors (Lipinski definition) is 1. The number of anilines is 2. The Labute approximate surface area is 119 Å². The number of benzene rings is 1. The lowest BCUT2D eigenvalue weighted by molar-refractivity contribution is 0.102. The second-order valence-corrected chi connectivity index (χ2v) is 4.93. The zero-order valence-corrected chi connectivity index (χ0v) is 12.3. The number of nitrogens with zero attached hydrogens (tertiary/aromatic N) is 3. The summed E-state index contributed by atoms with van der Waals surface area (Å²) in [7, 11) is 4.00. The van der Waals surface area contributed by atoms with Crippen molar-refractivity contribution in [2.45, 2.75) is 20.4 Å². The van der Waals surface area contributed by atoms with Gasteiger partial charge in [0, 0.05) is 38.2 Å². The Hall–Kier alpha value is -2.30. The number of amides is 1. The molecule has 20 heavy (non-hydrogen) atoms. The van der Waals surface area contributed by atoms with Crippen LogP contribution in [-0.2, 0) is 6.54 Å². The lowest BCUT2D eigenvalue weighted by atomic mass is 10.1. The molecule has 2 rings (SSSR count). The average molecular weight is 272 g/mol. The largest absolute Gasteiger partial charge is 0.377 e. The Morgan fingerprint density at radius 3 is 2.70 bits per heavy atom. The van der Waals surface area contributed by atoms with E-state index in [0.717, 1.165) is 23.5 Å². The van der Waals surface area contributed by atoms with Gasteiger partial charge in [-0.15, -0.1) is 0 Å². The summed E-state index contributed by atoms with van der Waals surface area (Å²) in [5.74, 6) is -0.137. The van der Waals surface area contributed by atoms with Gasteiger partial charge in [0.2, 0.25) is 0 Å². The highest BCUT2D eigenvalue weighted by Crippen LogP contribution is 2.22. The van der Waals surface area contributed by atoms with Gasteiger partial charge in [-0.05, 0) is 37.6 Å². The van der Waals surface area contributed by atoms with E-state index in [0.29, 0.717) is 5.56 Å². The summed E-state index contributed by atoms with van der Waals surface area (Å²) >= 11 is 0. The van der Waals surface area contributed by atoms with E-state index in [2.05, 4.69) is 10.4 Å². The van der Waals surface area contributed by atoms with E-state index in [4.69, 9.17) is 0 Å². The van der Waals surface area contributed by atoms with Crippen LogP contribution in [0, 0.1) is 6.92 Å². The van der Waals surface area contributed by atoms with Crippen LogP contribution < -0.4 is 10.2 Å². The van der Waals surface area contributed by atoms with E-state index < -0.39 is 0 Å². The van der Waals surface area contributed by atoms with Crippen molar-refractivity contribution in [2.75, 3.05) is 24.3 Å². The van der Waals surface area contributed by atoms with Crippen molar-refractivity contribution in [1.29, 1.82) is 0 Å². The van der Waals surface area contributed by atoms with Crippen LogP contribution in [0.2, 0.25) is 0 Å². The van der Waals surface area contributed by atoms with Crippen LogP contribution in [-0.4, -0.2) is 29.8 Å². The number of carbonyl (C=O) groups excluding carboxylic acids is 1. The monoisotopic (exact) mass is 272 g/mol. The van der Waals surface area contributed by atoms with E-state index in [1.807, 2.05) is 51.0 Å². The minimum Gasteiger partial charge on any atom is -0.377 e. The molecular formula is C15H20N4O. The average Bonchev–Trinajstić information content (AvgIpc) is 2.87. The third-order valence-corrected chi connectivity index (χ3v) is 3.16. The predicted octanol–water partition coefficient (Wildman–Crippen LogP) is 2.53. The molecule has 1 heterocycles. The van der Waals surface area contributed by atoms with Crippen molar-refractivity contribution >= 4 is 17.3 Å². The van der Waals surface area contributed by atoms with E-state index in [9.17, 15) is 4.79 Å². The van der Waals surface area contributed by atoms with Crippen LogP contribution in [0.15, 0.2) is 30.6 Å². The Morgan fingerprint density at radius 1 is 1.40 bits per heavy atom. The predicted molar refractivity (Wildman–Crippen MR) is 81.4 cm³/mol. The lowest BCUT2D eigenvalue weighted by Crippen LogP contribution is -2.13. The van der Waals surface area contributed by atoms with Crippen molar-refractivity contribution < 1.29 is 4.79 Å². The van der Waals surface area contributed by atoms with Gasteiger partial charge < -0.3 is 10.2 Å². The third kappa shape index (κ3) is 2.99. The van der Waals surface area contributed by atoms with Gasteiger partial charge in [-0.25, -0.2) is 0 Å². The number of nitrogens with one attached hydrogen (secondary N) is 1. The molecule has 0 aliphatic carbocycles. The smallest absolute Gasteiger partial charge is 0.258 e. The number of aryl methyl sites for hydroxylation is 2. The fourth-order valence-electron chi connectivity index (χ4n) is 2.09. The van der Waals surface area contributed by atoms with Crippen molar-refractivity contribution in [2.24, 2.45) is 0 Å². The number of hydrogen-bond acceptors (Lipinski definition) is 3. The second kappa shape index (κ2) is 5.77. The van der Waals surface area contributed by atoms with Gasteiger partial charge in [-0.1, -0.05) is 0 Å². The molecule has 1 aromatic heterocycles. The second-order valence-electron chi connectivity index (χ2n) is 4.93. The fourth-order valence-corrected chi connectivity index (χ4v) is 2.09. The summed E-state index contributed by atoms with van der Waals surface area (Å²) in [5, 5.41) is 6.99. The zero-order valence-electron chi connectivity index (χ0n) is 12.3. The molecule has 0 bridgehead atoms. The molecule has 0 unspecified atom stereocenters. The SMILES string of the molecule is CCn1cc(C(=O)Nc2ccc(N(C)C)c(C)c2)cn1. The summed E-state index contributed by atoms with van der Waals surface area (Å²) in [6, 6.07) is 5.88. The van der Waals surface area contributed by atoms with Gasteiger partial charge in [-0.2, -0.15) is 5.10 Å². The zero-order chi connectivity index (χ0) is 14.7. The molecule has 0 radical (unpaired) electrons. The van der Waals surface area contributed by atoms with Crippen molar-refractivity contribution in [3.8, 4) is 0 Å². The Bertz CT molecular complexity index is 616. The quantitative estimate of drug-likeness (QED) is 0.930. The first-order valence-corrected chi connectivity index (χ1v) is 6.63. The molecule has 0 fully saturated rings. The van der Waals surface area contributed by atoms with Crippen LogP contribution in [0.5, 0.6) is 0 Å². The molecule has 0 saturated carbocycles. The van der Waals surface area contributed by atoms with Gasteiger partial charge in [0.1, 0.15) is 0 Å². The van der Waals surface area contributed by atoms with Crippen LogP contribution in [0.1, 0.15) is 22.8 Å². The molecule has 0 atom stereocenters. The molecule has 0 saturated heterocycles. The summed E-state index contributed by atoms with van der Waals surface area (Å²) in [6.45, 7) is 4.77. The van der Waals surface area contributed by atoms with Gasteiger partial charge in [0.25, 0.3) is 5.91 Å². The topological polar surface area (TPSA) is 50.2 Å². The third-order valence-electron chi connectivity index (χ3n) is 3.16. The van der Waals surface area contributed by atoms with E-state index in [-0.39, 0.29) is 5.91 Å². The van der Waals surface area contributed by atoms with Crippen LogP contribution >= 0.6 is 0 Å². The maximum Gasteiger partial charge on any atom is 0.258 e. The maximum atomic E-state index is 12.1. The number of carbonyl (C=O) groups is 1. The van der Waals surface area contributed by atoms with Crippen LogP contribution in [0.3, 0.4) is 0 Å². The van der Waals surface area contributed by atoms with E-state index in [1.54, 1.807) is 17.1 Å². The molecule has 0 spiro atoms. The maximum absolute atomic E-state index is 12.1. The van der Waals surface area contributed by atoms with Crippen molar-refractivity contribution in [3.63, 3.8) is 0 Å². The molecule has 1 aromatic carbocycles.